The highest BCUT2D eigenvalue weighted by Crippen LogP contribution is 2.40. The zero-order valence-corrected chi connectivity index (χ0v) is 10.8. The summed E-state index contributed by atoms with van der Waals surface area (Å²) in [6, 6.07) is 6.83. The van der Waals surface area contributed by atoms with Crippen LogP contribution in [0.1, 0.15) is 5.69 Å². The summed E-state index contributed by atoms with van der Waals surface area (Å²) in [6.07, 6.45) is 0. The number of nitriles is 1. The van der Waals surface area contributed by atoms with Crippen molar-refractivity contribution in [2.24, 2.45) is 0 Å². The first kappa shape index (κ1) is 12.8. The average Bonchev–Trinajstić information content (AvgIpc) is 2.94. The minimum Gasteiger partial charge on any atom is -0.496 e. The molecule has 6 nitrogen and oxygen atoms in total. The van der Waals surface area contributed by atoms with Crippen molar-refractivity contribution in [3.8, 4) is 34.6 Å². The van der Waals surface area contributed by atoms with E-state index in [0.717, 1.165) is 0 Å². The van der Waals surface area contributed by atoms with Gasteiger partial charge in [-0.15, -0.1) is 0 Å². The summed E-state index contributed by atoms with van der Waals surface area (Å²) in [4.78, 5) is 0. The van der Waals surface area contributed by atoms with Crippen LogP contribution in [0.5, 0.6) is 17.2 Å². The molecule has 6 heteroatoms. The Kier molecular flexibility index (Phi) is 3.57. The molecule has 1 aromatic carbocycles. The maximum atomic E-state index is 8.76. The van der Waals surface area contributed by atoms with E-state index < -0.39 is 0 Å². The van der Waals surface area contributed by atoms with Crippen molar-refractivity contribution in [3.05, 3.63) is 23.9 Å². The number of nitrogens with zero attached hydrogens (tertiary/aromatic N) is 2. The highest BCUT2D eigenvalue weighted by Gasteiger charge is 2.17. The van der Waals surface area contributed by atoms with Crippen molar-refractivity contribution in [1.29, 1.82) is 5.26 Å². The maximum Gasteiger partial charge on any atom is 0.184 e. The van der Waals surface area contributed by atoms with Crippen molar-refractivity contribution in [3.63, 3.8) is 0 Å². The van der Waals surface area contributed by atoms with Gasteiger partial charge >= 0.3 is 0 Å². The number of methoxy groups -OCH3 is 3. The molecule has 1 aromatic heterocycles. The molecule has 2 aromatic rings. The lowest BCUT2D eigenvalue weighted by Gasteiger charge is -2.12. The van der Waals surface area contributed by atoms with Crippen molar-refractivity contribution in [2.45, 2.75) is 0 Å². The van der Waals surface area contributed by atoms with Crippen molar-refractivity contribution in [1.82, 2.24) is 5.16 Å². The minimum atomic E-state index is 0.201. The van der Waals surface area contributed by atoms with Crippen LogP contribution in [-0.4, -0.2) is 26.5 Å². The second kappa shape index (κ2) is 5.31. The molecular weight excluding hydrogens is 248 g/mol. The molecule has 98 valence electrons. The van der Waals surface area contributed by atoms with Crippen LogP contribution >= 0.6 is 0 Å². The fraction of sp³-hybridized carbons (Fsp3) is 0.231. The summed E-state index contributed by atoms with van der Waals surface area (Å²) in [6.45, 7) is 0. The largest absolute Gasteiger partial charge is 0.496 e. The van der Waals surface area contributed by atoms with E-state index in [0.29, 0.717) is 28.6 Å². The van der Waals surface area contributed by atoms with Gasteiger partial charge in [0, 0.05) is 12.1 Å². The molecule has 0 saturated heterocycles. The predicted molar refractivity (Wildman–Crippen MR) is 66.3 cm³/mol. The third-order valence-electron chi connectivity index (χ3n) is 2.60. The zero-order chi connectivity index (χ0) is 13.8. The summed E-state index contributed by atoms with van der Waals surface area (Å²) in [5.74, 6) is 2.05. The smallest absolute Gasteiger partial charge is 0.184 e. The molecule has 0 radical (unpaired) electrons. The quantitative estimate of drug-likeness (QED) is 0.838. The van der Waals surface area contributed by atoms with Gasteiger partial charge in [-0.3, -0.25) is 0 Å². The maximum absolute atomic E-state index is 8.76. The molecule has 0 aliphatic heterocycles. The van der Waals surface area contributed by atoms with Crippen molar-refractivity contribution < 1.29 is 18.7 Å². The van der Waals surface area contributed by atoms with Crippen LogP contribution in [0.15, 0.2) is 22.7 Å². The van der Waals surface area contributed by atoms with Gasteiger partial charge in [-0.25, -0.2) is 0 Å². The van der Waals surface area contributed by atoms with Crippen LogP contribution in [0.25, 0.3) is 11.3 Å². The molecule has 19 heavy (non-hydrogen) atoms. The fourth-order valence-electron chi connectivity index (χ4n) is 1.68. The molecule has 0 atom stereocenters. The first-order valence-corrected chi connectivity index (χ1v) is 5.40. The molecular formula is C13H12N2O4. The Morgan fingerprint density at radius 2 is 1.63 bits per heavy atom. The highest BCUT2D eigenvalue weighted by molar-refractivity contribution is 5.71. The lowest BCUT2D eigenvalue weighted by atomic mass is 10.1. The molecule has 0 aliphatic rings. The van der Waals surface area contributed by atoms with Gasteiger partial charge in [0.2, 0.25) is 0 Å². The van der Waals surface area contributed by atoms with Gasteiger partial charge in [-0.1, -0.05) is 5.16 Å². The molecule has 0 bridgehead atoms. The standard InChI is InChI=1S/C13H12N2O4/c1-16-10-6-13(18-3)12(17-2)5-9(10)11-4-8(7-14)15-19-11/h4-6H,1-3H3. The van der Waals surface area contributed by atoms with Crippen LogP contribution in [0.4, 0.5) is 0 Å². The van der Waals surface area contributed by atoms with E-state index in [1.165, 1.54) is 20.3 Å². The van der Waals surface area contributed by atoms with Gasteiger partial charge < -0.3 is 18.7 Å². The number of rotatable bonds is 4. The second-order valence-electron chi connectivity index (χ2n) is 3.60. The van der Waals surface area contributed by atoms with Crippen molar-refractivity contribution >= 4 is 0 Å². The molecule has 0 aliphatic carbocycles. The molecule has 0 amide bonds. The normalized spacial score (nSPS) is 9.79. The Balaban J connectivity index is 2.58. The number of ether oxygens (including phenoxy) is 3. The van der Waals surface area contributed by atoms with Crippen LogP contribution in [-0.2, 0) is 0 Å². The second-order valence-corrected chi connectivity index (χ2v) is 3.60. The summed E-state index contributed by atoms with van der Waals surface area (Å²) in [5.41, 5.74) is 0.834. The number of aromatic nitrogens is 1. The van der Waals surface area contributed by atoms with E-state index in [9.17, 15) is 0 Å². The Morgan fingerprint density at radius 1 is 1.00 bits per heavy atom. The molecule has 0 spiro atoms. The fourth-order valence-corrected chi connectivity index (χ4v) is 1.68. The summed E-state index contributed by atoms with van der Waals surface area (Å²) >= 11 is 0. The van der Waals surface area contributed by atoms with Gasteiger partial charge in [-0.05, 0) is 6.07 Å². The molecule has 0 N–H and O–H groups in total. The lowest BCUT2D eigenvalue weighted by Crippen LogP contribution is -1.94. The topological polar surface area (TPSA) is 77.5 Å². The third kappa shape index (κ3) is 2.31. The Hall–Kier alpha value is -2.68. The molecule has 0 fully saturated rings. The van der Waals surface area contributed by atoms with Gasteiger partial charge in [0.15, 0.2) is 23.0 Å². The van der Waals surface area contributed by atoms with Gasteiger partial charge in [-0.2, -0.15) is 5.26 Å². The van der Waals surface area contributed by atoms with Crippen molar-refractivity contribution in [2.75, 3.05) is 21.3 Å². The monoisotopic (exact) mass is 260 g/mol. The number of benzene rings is 1. The Labute approximate surface area is 110 Å². The van der Waals surface area contributed by atoms with Gasteiger partial charge in [0.25, 0.3) is 0 Å². The van der Waals surface area contributed by atoms with E-state index in [4.69, 9.17) is 24.0 Å². The van der Waals surface area contributed by atoms with Crippen LogP contribution in [0.3, 0.4) is 0 Å². The Bertz CT molecular complexity index is 628. The summed E-state index contributed by atoms with van der Waals surface area (Å²) in [5, 5.41) is 12.4. The molecule has 1 heterocycles. The van der Waals surface area contributed by atoms with E-state index in [-0.39, 0.29) is 5.69 Å². The average molecular weight is 260 g/mol. The SMILES string of the molecule is COc1cc(OC)c(-c2cc(C#N)no2)cc1OC. The molecule has 0 unspecified atom stereocenters. The van der Waals surface area contributed by atoms with E-state index in [2.05, 4.69) is 5.16 Å². The highest BCUT2D eigenvalue weighted by atomic mass is 16.5. The first-order valence-electron chi connectivity index (χ1n) is 5.40. The van der Waals surface area contributed by atoms with Gasteiger partial charge in [0.1, 0.15) is 11.8 Å². The van der Waals surface area contributed by atoms with E-state index in [1.807, 2.05) is 6.07 Å². The summed E-state index contributed by atoms with van der Waals surface area (Å²) in [7, 11) is 4.61. The lowest BCUT2D eigenvalue weighted by molar-refractivity contribution is 0.348. The Morgan fingerprint density at radius 3 is 2.16 bits per heavy atom. The van der Waals surface area contributed by atoms with E-state index in [1.54, 1.807) is 19.2 Å². The molecule has 2 rings (SSSR count). The predicted octanol–water partition coefficient (Wildman–Crippen LogP) is 2.24. The number of hydrogen-bond donors (Lipinski definition) is 0. The summed E-state index contributed by atoms with van der Waals surface area (Å²) < 4.78 is 20.8. The zero-order valence-electron chi connectivity index (χ0n) is 10.8. The first-order chi connectivity index (χ1) is 9.23. The van der Waals surface area contributed by atoms with E-state index >= 15 is 0 Å². The van der Waals surface area contributed by atoms with Crippen LogP contribution < -0.4 is 14.2 Å². The van der Waals surface area contributed by atoms with Gasteiger partial charge in [0.05, 0.1) is 26.9 Å². The minimum absolute atomic E-state index is 0.201. The van der Waals surface area contributed by atoms with Crippen LogP contribution in [0, 0.1) is 11.3 Å². The van der Waals surface area contributed by atoms with Crippen LogP contribution in [0.2, 0.25) is 0 Å². The molecule has 0 saturated carbocycles. The number of hydrogen-bond acceptors (Lipinski definition) is 6. The third-order valence-corrected chi connectivity index (χ3v) is 2.60.